The molecular weight excluding hydrogens is 493 g/mol. The van der Waals surface area contributed by atoms with Crippen LogP contribution in [0.1, 0.15) is 35.4 Å². The number of phenols is 1. The van der Waals surface area contributed by atoms with Gasteiger partial charge in [-0.15, -0.1) is 0 Å². The van der Waals surface area contributed by atoms with E-state index in [4.69, 9.17) is 4.42 Å². The first-order chi connectivity index (χ1) is 18.4. The number of hydrazone groups is 1. The number of carboxylic acid groups (broad SMARTS) is 1. The maximum Gasteiger partial charge on any atom is 0.339 e. The third kappa shape index (κ3) is 5.86. The molecule has 0 atom stereocenters. The van der Waals surface area contributed by atoms with Crippen molar-refractivity contribution in [1.29, 1.82) is 0 Å². The summed E-state index contributed by atoms with van der Waals surface area (Å²) in [6.45, 7) is 1.66. The molecule has 0 unspecified atom stereocenters. The van der Waals surface area contributed by atoms with Crippen LogP contribution < -0.4 is 15.6 Å². The summed E-state index contributed by atoms with van der Waals surface area (Å²) in [6.07, 6.45) is 4.68. The Balaban J connectivity index is 1.34. The molecule has 38 heavy (non-hydrogen) atoms. The highest BCUT2D eigenvalue weighted by Gasteiger charge is 2.17. The van der Waals surface area contributed by atoms with Gasteiger partial charge in [-0.1, -0.05) is 0 Å². The van der Waals surface area contributed by atoms with Gasteiger partial charge in [0.1, 0.15) is 28.7 Å². The number of furan rings is 1. The number of rotatable bonds is 8. The molecule has 0 amide bonds. The van der Waals surface area contributed by atoms with Gasteiger partial charge in [0.2, 0.25) is 17.8 Å². The molecule has 3 heterocycles. The van der Waals surface area contributed by atoms with E-state index >= 15 is 0 Å². The van der Waals surface area contributed by atoms with Crippen LogP contribution in [0.3, 0.4) is 0 Å². The normalized spacial score (nSPS) is 13.6. The topological polar surface area (TPSA) is 149 Å². The van der Waals surface area contributed by atoms with Gasteiger partial charge >= 0.3 is 5.97 Å². The zero-order valence-electron chi connectivity index (χ0n) is 20.1. The number of anilines is 4. The fourth-order valence-electron chi connectivity index (χ4n) is 3.96. The minimum Gasteiger partial charge on any atom is -0.507 e. The van der Waals surface area contributed by atoms with E-state index in [9.17, 15) is 19.4 Å². The van der Waals surface area contributed by atoms with Gasteiger partial charge in [0.25, 0.3) is 0 Å². The predicted octanol–water partition coefficient (Wildman–Crippen LogP) is 4.85. The first-order valence-electron chi connectivity index (χ1n) is 11.9. The monoisotopic (exact) mass is 517 g/mol. The maximum absolute atomic E-state index is 13.3. The van der Waals surface area contributed by atoms with Crippen molar-refractivity contribution in [2.24, 2.45) is 5.10 Å². The molecule has 4 N–H and O–H groups in total. The molecule has 11 nitrogen and oxygen atoms in total. The number of piperidine rings is 1. The molecule has 0 aliphatic carbocycles. The predicted molar refractivity (Wildman–Crippen MR) is 140 cm³/mol. The van der Waals surface area contributed by atoms with Crippen molar-refractivity contribution in [2.45, 2.75) is 19.3 Å². The second-order valence-electron chi connectivity index (χ2n) is 8.57. The van der Waals surface area contributed by atoms with Crippen LogP contribution in [0.2, 0.25) is 0 Å². The number of hydrogen-bond donors (Lipinski definition) is 4. The molecule has 4 aromatic rings. The molecule has 5 rings (SSSR count). The van der Waals surface area contributed by atoms with Crippen molar-refractivity contribution >= 4 is 35.7 Å². The van der Waals surface area contributed by atoms with E-state index in [-0.39, 0.29) is 29.0 Å². The molecular formula is C26H24FN7O4. The number of benzene rings is 2. The average Bonchev–Trinajstić information content (AvgIpc) is 3.39. The third-order valence-corrected chi connectivity index (χ3v) is 5.86. The lowest BCUT2D eigenvalue weighted by Gasteiger charge is -2.26. The van der Waals surface area contributed by atoms with Crippen LogP contribution in [0.15, 0.2) is 64.1 Å². The van der Waals surface area contributed by atoms with Crippen LogP contribution in [0.5, 0.6) is 5.75 Å². The van der Waals surface area contributed by atoms with Crippen LogP contribution in [0.25, 0.3) is 11.3 Å². The molecule has 0 saturated carbocycles. The zero-order chi connectivity index (χ0) is 26.5. The Morgan fingerprint density at radius 2 is 1.76 bits per heavy atom. The van der Waals surface area contributed by atoms with Crippen LogP contribution >= 0.6 is 0 Å². The number of halogens is 1. The summed E-state index contributed by atoms with van der Waals surface area (Å²) in [5, 5.41) is 26.2. The SMILES string of the molecule is O=C(O)c1cc(-c2ccc(/C=N\Nc3nc(Nc4ccc(F)cc4)nc(N4CCCCC4)n3)o2)ccc1O. The summed E-state index contributed by atoms with van der Waals surface area (Å²) >= 11 is 0. The van der Waals surface area contributed by atoms with Gasteiger partial charge in [-0.2, -0.15) is 20.1 Å². The zero-order valence-corrected chi connectivity index (χ0v) is 20.1. The lowest BCUT2D eigenvalue weighted by Crippen LogP contribution is -2.31. The van der Waals surface area contributed by atoms with Gasteiger partial charge in [0.05, 0.1) is 6.21 Å². The number of aromatic nitrogens is 3. The van der Waals surface area contributed by atoms with E-state index in [2.05, 4.69) is 35.7 Å². The number of nitrogens with zero attached hydrogens (tertiary/aromatic N) is 5. The highest BCUT2D eigenvalue weighted by atomic mass is 19.1. The van der Waals surface area contributed by atoms with Gasteiger partial charge in [-0.3, -0.25) is 0 Å². The van der Waals surface area contributed by atoms with E-state index in [1.165, 1.54) is 30.5 Å². The summed E-state index contributed by atoms with van der Waals surface area (Å²) in [5.74, 6) is -0.108. The van der Waals surface area contributed by atoms with E-state index in [0.29, 0.717) is 28.7 Å². The quantitative estimate of drug-likeness (QED) is 0.189. The van der Waals surface area contributed by atoms with Crippen molar-refractivity contribution in [3.63, 3.8) is 0 Å². The Morgan fingerprint density at radius 1 is 1.00 bits per heavy atom. The van der Waals surface area contributed by atoms with Gasteiger partial charge in [-0.05, 0) is 73.9 Å². The lowest BCUT2D eigenvalue weighted by molar-refractivity contribution is 0.0693. The standard InChI is InChI=1S/C26H24FN7O4/c27-17-5-7-18(8-6-17)29-24-30-25(32-26(31-24)34-12-2-1-3-13-34)33-28-15-19-9-11-22(38-19)16-4-10-21(35)20(14-16)23(36)37/h4-11,14-15,35H,1-3,12-13H2,(H,36,37)(H2,29,30,31,32,33)/b28-15-. The Labute approximate surface area is 216 Å². The van der Waals surface area contributed by atoms with E-state index in [1.54, 1.807) is 30.3 Å². The Kier molecular flexibility index (Phi) is 7.11. The minimum atomic E-state index is -1.24. The minimum absolute atomic E-state index is 0.206. The number of nitrogens with one attached hydrogen (secondary N) is 2. The summed E-state index contributed by atoms with van der Waals surface area (Å²) < 4.78 is 19.0. The number of carbonyl (C=O) groups is 1. The fraction of sp³-hybridized carbons (Fsp3) is 0.192. The molecule has 1 aliphatic heterocycles. The summed E-state index contributed by atoms with van der Waals surface area (Å²) in [4.78, 5) is 26.8. The van der Waals surface area contributed by atoms with Crippen LogP contribution in [-0.4, -0.2) is 50.4 Å². The number of carboxylic acids is 1. The van der Waals surface area contributed by atoms with Crippen molar-refractivity contribution in [3.05, 3.63) is 71.7 Å². The van der Waals surface area contributed by atoms with Crippen LogP contribution in [0, 0.1) is 5.82 Å². The average molecular weight is 518 g/mol. The third-order valence-electron chi connectivity index (χ3n) is 5.86. The molecule has 0 spiro atoms. The molecule has 1 saturated heterocycles. The molecule has 2 aromatic carbocycles. The first-order valence-corrected chi connectivity index (χ1v) is 11.9. The van der Waals surface area contributed by atoms with Crippen molar-refractivity contribution in [3.8, 4) is 17.1 Å². The summed E-state index contributed by atoms with van der Waals surface area (Å²) in [7, 11) is 0. The molecule has 12 heteroatoms. The second-order valence-corrected chi connectivity index (χ2v) is 8.57. The van der Waals surface area contributed by atoms with Gasteiger partial charge in [-0.25, -0.2) is 14.6 Å². The molecule has 194 valence electrons. The van der Waals surface area contributed by atoms with E-state index < -0.39 is 5.97 Å². The smallest absolute Gasteiger partial charge is 0.339 e. The first kappa shape index (κ1) is 24.7. The van der Waals surface area contributed by atoms with Gasteiger partial charge in [0.15, 0.2) is 0 Å². The van der Waals surface area contributed by atoms with Gasteiger partial charge in [0, 0.05) is 24.3 Å². The largest absolute Gasteiger partial charge is 0.507 e. The Morgan fingerprint density at radius 3 is 2.53 bits per heavy atom. The molecule has 0 radical (unpaired) electrons. The highest BCUT2D eigenvalue weighted by Crippen LogP contribution is 2.27. The Bertz CT molecular complexity index is 1470. The second kappa shape index (κ2) is 10.9. The number of aromatic hydroxyl groups is 1. The molecule has 2 aromatic heterocycles. The molecule has 1 fully saturated rings. The summed E-state index contributed by atoms with van der Waals surface area (Å²) in [5.41, 5.74) is 3.69. The molecule has 1 aliphatic rings. The lowest BCUT2D eigenvalue weighted by atomic mass is 10.1. The van der Waals surface area contributed by atoms with Crippen LogP contribution in [-0.2, 0) is 0 Å². The van der Waals surface area contributed by atoms with Crippen molar-refractivity contribution in [1.82, 2.24) is 15.0 Å². The van der Waals surface area contributed by atoms with Crippen molar-refractivity contribution in [2.75, 3.05) is 28.7 Å². The highest BCUT2D eigenvalue weighted by molar-refractivity contribution is 5.92. The van der Waals surface area contributed by atoms with Crippen molar-refractivity contribution < 1.29 is 23.8 Å². The molecule has 0 bridgehead atoms. The Hall–Kier alpha value is -5.00. The van der Waals surface area contributed by atoms with E-state index in [0.717, 1.165) is 32.4 Å². The number of aromatic carboxylic acids is 1. The summed E-state index contributed by atoms with van der Waals surface area (Å²) in [6, 6.07) is 13.4. The number of hydrogen-bond acceptors (Lipinski definition) is 10. The van der Waals surface area contributed by atoms with Gasteiger partial charge < -0.3 is 24.8 Å². The van der Waals surface area contributed by atoms with Crippen LogP contribution in [0.4, 0.5) is 27.9 Å². The maximum atomic E-state index is 13.3. The van der Waals surface area contributed by atoms with E-state index in [1.807, 2.05) is 0 Å². The fourth-order valence-corrected chi connectivity index (χ4v) is 3.96.